The van der Waals surface area contributed by atoms with Crippen LogP contribution >= 0.6 is 7.60 Å². The monoisotopic (exact) mass is 219 g/mol. The second-order valence-electron chi connectivity index (χ2n) is 2.78. The largest absolute Gasteiger partial charge is 0.504 e. The van der Waals surface area contributed by atoms with Crippen LogP contribution in [-0.4, -0.2) is 20.0 Å². The summed E-state index contributed by atoms with van der Waals surface area (Å²) in [7, 11) is -4.43. The number of aromatic hydroxyl groups is 2. The quantitative estimate of drug-likeness (QED) is 0.358. The van der Waals surface area contributed by atoms with Gasteiger partial charge < -0.3 is 25.7 Å². The van der Waals surface area contributed by atoms with Crippen molar-refractivity contribution in [3.05, 3.63) is 23.8 Å². The van der Waals surface area contributed by atoms with Crippen LogP contribution in [0.5, 0.6) is 11.5 Å². The van der Waals surface area contributed by atoms with Gasteiger partial charge in [0, 0.05) is 0 Å². The summed E-state index contributed by atoms with van der Waals surface area (Å²) in [4.78, 5) is 17.5. The molecule has 7 heteroatoms. The minimum atomic E-state index is -4.43. The van der Waals surface area contributed by atoms with Crippen LogP contribution in [0.3, 0.4) is 0 Å². The van der Waals surface area contributed by atoms with Crippen molar-refractivity contribution < 1.29 is 24.6 Å². The Hall–Kier alpha value is -1.07. The van der Waals surface area contributed by atoms with Gasteiger partial charge in [0.05, 0.1) is 0 Å². The summed E-state index contributed by atoms with van der Waals surface area (Å²) in [6, 6.07) is 3.36. The van der Waals surface area contributed by atoms with Crippen LogP contribution in [0.1, 0.15) is 11.3 Å². The number of hydrogen-bond donors (Lipinski definition) is 5. The summed E-state index contributed by atoms with van der Waals surface area (Å²) in [5, 5.41) is 18.0. The lowest BCUT2D eigenvalue weighted by molar-refractivity contribution is 0.359. The minimum Gasteiger partial charge on any atom is -0.504 e. The number of nitrogens with two attached hydrogens (primary N) is 1. The Labute approximate surface area is 79.8 Å². The summed E-state index contributed by atoms with van der Waals surface area (Å²) in [5.41, 5.74) is 5.30. The van der Waals surface area contributed by atoms with Crippen molar-refractivity contribution >= 4 is 7.60 Å². The molecule has 0 saturated heterocycles. The van der Waals surface area contributed by atoms with Crippen molar-refractivity contribution in [3.63, 3.8) is 0 Å². The fraction of sp³-hybridized carbons (Fsp3) is 0.143. The van der Waals surface area contributed by atoms with E-state index in [1.165, 1.54) is 6.07 Å². The summed E-state index contributed by atoms with van der Waals surface area (Å²) >= 11 is 0. The fourth-order valence-electron chi connectivity index (χ4n) is 0.919. The van der Waals surface area contributed by atoms with Crippen LogP contribution in [0, 0.1) is 0 Å². The standard InChI is InChI=1S/C7H10NO5P/c8-7(14(11,12)13)4-1-2-5(9)6(10)3-4/h1-3,7,9-10H,8H2,(H2,11,12,13)/t7-/m1/s1. The number of rotatable bonds is 2. The smallest absolute Gasteiger partial charge is 0.346 e. The van der Waals surface area contributed by atoms with Crippen molar-refractivity contribution in [1.82, 2.24) is 0 Å². The van der Waals surface area contributed by atoms with Gasteiger partial charge in [-0.2, -0.15) is 0 Å². The van der Waals surface area contributed by atoms with Crippen molar-refractivity contribution in [1.29, 1.82) is 0 Å². The molecule has 0 radical (unpaired) electrons. The van der Waals surface area contributed by atoms with Crippen molar-refractivity contribution in [2.75, 3.05) is 0 Å². The Balaban J connectivity index is 3.09. The predicted octanol–water partition coefficient (Wildman–Crippen LogP) is 0.233. The van der Waals surface area contributed by atoms with Gasteiger partial charge >= 0.3 is 7.60 Å². The summed E-state index contributed by atoms with van der Waals surface area (Å²) in [5.74, 6) is -2.33. The number of phenols is 2. The van der Waals surface area contributed by atoms with Gasteiger partial charge in [0.1, 0.15) is 5.78 Å². The van der Waals surface area contributed by atoms with Crippen LogP contribution in [0.25, 0.3) is 0 Å². The van der Waals surface area contributed by atoms with Gasteiger partial charge in [0.2, 0.25) is 0 Å². The molecule has 0 aromatic heterocycles. The second-order valence-corrected chi connectivity index (χ2v) is 4.52. The average molecular weight is 219 g/mol. The highest BCUT2D eigenvalue weighted by Crippen LogP contribution is 2.48. The molecular formula is C7H10NO5P. The Kier molecular flexibility index (Phi) is 2.82. The van der Waals surface area contributed by atoms with Gasteiger partial charge in [-0.25, -0.2) is 0 Å². The summed E-state index contributed by atoms with van der Waals surface area (Å²) in [6.07, 6.45) is 0. The van der Waals surface area contributed by atoms with E-state index in [4.69, 9.17) is 25.7 Å². The maximum Gasteiger partial charge on any atom is 0.346 e. The van der Waals surface area contributed by atoms with Crippen LogP contribution in [0.4, 0.5) is 0 Å². The Morgan fingerprint density at radius 2 is 1.79 bits per heavy atom. The molecule has 1 atom stereocenters. The second kappa shape index (κ2) is 3.59. The van der Waals surface area contributed by atoms with Gasteiger partial charge in [0.15, 0.2) is 11.5 Å². The molecule has 0 bridgehead atoms. The van der Waals surface area contributed by atoms with Crippen LogP contribution < -0.4 is 5.73 Å². The van der Waals surface area contributed by atoms with Crippen LogP contribution in [0.15, 0.2) is 18.2 Å². The first kappa shape index (κ1) is 11.0. The highest BCUT2D eigenvalue weighted by atomic mass is 31.2. The third-order valence-electron chi connectivity index (χ3n) is 1.70. The molecule has 0 heterocycles. The molecule has 1 rings (SSSR count). The van der Waals surface area contributed by atoms with Gasteiger partial charge in [-0.15, -0.1) is 0 Å². The van der Waals surface area contributed by atoms with Gasteiger partial charge in [-0.05, 0) is 17.7 Å². The fourth-order valence-corrected chi connectivity index (χ4v) is 1.47. The lowest BCUT2D eigenvalue weighted by Gasteiger charge is -2.13. The molecule has 1 aromatic rings. The zero-order chi connectivity index (χ0) is 10.9. The molecule has 0 amide bonds. The molecule has 6 nitrogen and oxygen atoms in total. The molecule has 0 aliphatic carbocycles. The van der Waals surface area contributed by atoms with Crippen LogP contribution in [-0.2, 0) is 4.57 Å². The molecule has 0 spiro atoms. The minimum absolute atomic E-state index is 0.0635. The topological polar surface area (TPSA) is 124 Å². The number of phenolic OH excluding ortho intramolecular Hbond substituents is 2. The normalized spacial score (nSPS) is 13.9. The van der Waals surface area contributed by atoms with E-state index in [-0.39, 0.29) is 11.3 Å². The third-order valence-corrected chi connectivity index (χ3v) is 2.73. The molecule has 14 heavy (non-hydrogen) atoms. The molecule has 0 aliphatic heterocycles. The highest BCUT2D eigenvalue weighted by Gasteiger charge is 2.26. The van der Waals surface area contributed by atoms with E-state index in [0.717, 1.165) is 12.1 Å². The summed E-state index contributed by atoms with van der Waals surface area (Å²) in [6.45, 7) is 0. The lowest BCUT2D eigenvalue weighted by Crippen LogP contribution is -2.10. The Morgan fingerprint density at radius 3 is 2.21 bits per heavy atom. The van der Waals surface area contributed by atoms with E-state index in [9.17, 15) is 4.57 Å². The average Bonchev–Trinajstić information content (AvgIpc) is 2.07. The highest BCUT2D eigenvalue weighted by molar-refractivity contribution is 7.52. The SMILES string of the molecule is N[C@@H](c1ccc(O)c(O)c1)P(=O)(O)O. The Morgan fingerprint density at radius 1 is 1.21 bits per heavy atom. The molecule has 0 saturated carbocycles. The summed E-state index contributed by atoms with van der Waals surface area (Å²) < 4.78 is 10.8. The maximum atomic E-state index is 10.8. The lowest BCUT2D eigenvalue weighted by atomic mass is 10.2. The predicted molar refractivity (Wildman–Crippen MR) is 48.7 cm³/mol. The number of hydrogen-bond acceptors (Lipinski definition) is 4. The van der Waals surface area contributed by atoms with Gasteiger partial charge in [0.25, 0.3) is 0 Å². The van der Waals surface area contributed by atoms with E-state index >= 15 is 0 Å². The van der Waals surface area contributed by atoms with Crippen LogP contribution in [0.2, 0.25) is 0 Å². The van der Waals surface area contributed by atoms with Crippen molar-refractivity contribution in [3.8, 4) is 11.5 Å². The first-order chi connectivity index (χ1) is 6.32. The molecule has 0 fully saturated rings. The Bertz CT molecular complexity index is 388. The van der Waals surface area contributed by atoms with E-state index in [0.29, 0.717) is 0 Å². The zero-order valence-electron chi connectivity index (χ0n) is 7.03. The third kappa shape index (κ3) is 2.24. The molecule has 6 N–H and O–H groups in total. The molecule has 0 unspecified atom stereocenters. The molecule has 0 aliphatic rings. The zero-order valence-corrected chi connectivity index (χ0v) is 7.93. The van der Waals surface area contributed by atoms with Gasteiger partial charge in [-0.1, -0.05) is 6.07 Å². The van der Waals surface area contributed by atoms with E-state index < -0.39 is 19.1 Å². The van der Waals surface area contributed by atoms with Crippen molar-refractivity contribution in [2.24, 2.45) is 5.73 Å². The van der Waals surface area contributed by atoms with E-state index in [2.05, 4.69) is 0 Å². The van der Waals surface area contributed by atoms with E-state index in [1.807, 2.05) is 0 Å². The first-order valence-electron chi connectivity index (χ1n) is 3.65. The first-order valence-corrected chi connectivity index (χ1v) is 5.33. The molecular weight excluding hydrogens is 209 g/mol. The maximum absolute atomic E-state index is 10.8. The van der Waals surface area contributed by atoms with E-state index in [1.54, 1.807) is 0 Å². The molecule has 1 aromatic carbocycles. The number of benzene rings is 1. The van der Waals surface area contributed by atoms with Crippen molar-refractivity contribution in [2.45, 2.75) is 5.78 Å². The molecule has 78 valence electrons. The van der Waals surface area contributed by atoms with Gasteiger partial charge in [-0.3, -0.25) is 4.57 Å².